The van der Waals surface area contributed by atoms with Crippen molar-refractivity contribution in [2.75, 3.05) is 25.9 Å². The van der Waals surface area contributed by atoms with Crippen LogP contribution in [-0.4, -0.2) is 66.4 Å². The maximum absolute atomic E-state index is 12.2. The van der Waals surface area contributed by atoms with E-state index in [1.54, 1.807) is 24.3 Å². The molecule has 8 nitrogen and oxygen atoms in total. The summed E-state index contributed by atoms with van der Waals surface area (Å²) in [6, 6.07) is 6.56. The molecule has 9 heteroatoms. The van der Waals surface area contributed by atoms with E-state index < -0.39 is 16.0 Å². The van der Waals surface area contributed by atoms with Crippen LogP contribution in [0.3, 0.4) is 0 Å². The molecule has 0 fully saturated rings. The molecule has 0 saturated carbocycles. The van der Waals surface area contributed by atoms with Crippen LogP contribution in [-0.2, 0) is 14.8 Å². The highest BCUT2D eigenvalue weighted by Gasteiger charge is 2.34. The summed E-state index contributed by atoms with van der Waals surface area (Å²) in [5.74, 6) is -1.94. The number of fused-ring (bicyclic) bond motifs is 1. The first-order valence-electron chi connectivity index (χ1n) is 7.85. The molecule has 136 valence electrons. The monoisotopic (exact) mass is 368 g/mol. The molecular weight excluding hydrogens is 348 g/mol. The zero-order valence-corrected chi connectivity index (χ0v) is 14.7. The number of benzene rings is 1. The molecule has 2 rings (SSSR count). The van der Waals surface area contributed by atoms with E-state index in [1.807, 2.05) is 0 Å². The van der Waals surface area contributed by atoms with Crippen molar-refractivity contribution in [2.45, 2.75) is 19.3 Å². The molecule has 0 spiro atoms. The van der Waals surface area contributed by atoms with E-state index in [4.69, 9.17) is 5.11 Å². The summed E-state index contributed by atoms with van der Waals surface area (Å²) in [7, 11) is -2.22. The Balaban J connectivity index is 1.83. The highest BCUT2D eigenvalue weighted by atomic mass is 32.2. The number of carbonyl (C=O) groups excluding carboxylic acids is 2. The van der Waals surface area contributed by atoms with Crippen molar-refractivity contribution in [2.24, 2.45) is 0 Å². The number of nitrogens with zero attached hydrogens (tertiary/aromatic N) is 2. The van der Waals surface area contributed by atoms with Crippen molar-refractivity contribution in [3.05, 3.63) is 35.4 Å². The van der Waals surface area contributed by atoms with Crippen molar-refractivity contribution in [3.8, 4) is 0 Å². The Bertz CT molecular complexity index is 755. The quantitative estimate of drug-likeness (QED) is 0.510. The fourth-order valence-electron chi connectivity index (χ4n) is 2.54. The molecule has 2 amide bonds. The third-order valence-electron chi connectivity index (χ3n) is 4.03. The van der Waals surface area contributed by atoms with Gasteiger partial charge in [-0.25, -0.2) is 12.7 Å². The lowest BCUT2D eigenvalue weighted by molar-refractivity contribution is -0.137. The van der Waals surface area contributed by atoms with Crippen LogP contribution in [0.2, 0.25) is 0 Å². The molecule has 1 aromatic carbocycles. The number of carboxylic acids is 1. The second kappa shape index (κ2) is 7.75. The second-order valence-electron chi connectivity index (χ2n) is 5.80. The van der Waals surface area contributed by atoms with E-state index in [1.165, 1.54) is 7.05 Å². The van der Waals surface area contributed by atoms with Crippen LogP contribution < -0.4 is 0 Å². The maximum atomic E-state index is 12.2. The minimum atomic E-state index is -3.55. The number of carboxylic acid groups (broad SMARTS) is 1. The van der Waals surface area contributed by atoms with E-state index in [9.17, 15) is 22.8 Å². The van der Waals surface area contributed by atoms with Gasteiger partial charge in [-0.3, -0.25) is 19.3 Å². The number of carbonyl (C=O) groups is 3. The number of hydrogen-bond acceptors (Lipinski definition) is 5. The van der Waals surface area contributed by atoms with Gasteiger partial charge in [0.25, 0.3) is 11.8 Å². The number of imide groups is 1. The molecule has 0 saturated heterocycles. The van der Waals surface area contributed by atoms with E-state index >= 15 is 0 Å². The zero-order valence-electron chi connectivity index (χ0n) is 13.8. The van der Waals surface area contributed by atoms with E-state index in [0.717, 1.165) is 9.21 Å². The summed E-state index contributed by atoms with van der Waals surface area (Å²) in [5, 5.41) is 8.60. The molecule has 1 aliphatic heterocycles. The molecular formula is C16H20N2O6S. The minimum Gasteiger partial charge on any atom is -0.481 e. The Labute approximate surface area is 146 Å². The predicted octanol–water partition coefficient (Wildman–Crippen LogP) is 0.799. The van der Waals surface area contributed by atoms with Crippen LogP contribution in [0.5, 0.6) is 0 Å². The first-order chi connectivity index (χ1) is 11.7. The largest absolute Gasteiger partial charge is 0.481 e. The Kier molecular flexibility index (Phi) is 5.91. The van der Waals surface area contributed by atoms with Gasteiger partial charge in [0.1, 0.15) is 0 Å². The SMILES string of the molecule is CN(CCC(=O)O)S(=O)(=O)CCCCN1C(=O)c2ccccc2C1=O. The summed E-state index contributed by atoms with van der Waals surface area (Å²) in [4.78, 5) is 36.0. The Hall–Kier alpha value is -2.26. The Morgan fingerprint density at radius 2 is 1.68 bits per heavy atom. The topological polar surface area (TPSA) is 112 Å². The van der Waals surface area contributed by atoms with Crippen LogP contribution >= 0.6 is 0 Å². The summed E-state index contributed by atoms with van der Waals surface area (Å²) in [6.07, 6.45) is 0.370. The second-order valence-corrected chi connectivity index (χ2v) is 7.99. The van der Waals surface area contributed by atoms with Crippen LogP contribution in [0.1, 0.15) is 40.0 Å². The van der Waals surface area contributed by atoms with Gasteiger partial charge in [-0.2, -0.15) is 0 Å². The highest BCUT2D eigenvalue weighted by Crippen LogP contribution is 2.22. The molecule has 0 unspecified atom stereocenters. The van der Waals surface area contributed by atoms with Gasteiger partial charge in [-0.05, 0) is 25.0 Å². The number of rotatable bonds is 9. The lowest BCUT2D eigenvalue weighted by atomic mass is 10.1. The summed E-state index contributed by atoms with van der Waals surface area (Å²) < 4.78 is 25.1. The molecule has 1 aromatic rings. The molecule has 25 heavy (non-hydrogen) atoms. The molecule has 0 atom stereocenters. The summed E-state index contributed by atoms with van der Waals surface area (Å²) >= 11 is 0. The van der Waals surface area contributed by atoms with Gasteiger partial charge in [0.05, 0.1) is 23.3 Å². The normalized spacial score (nSPS) is 14.2. The van der Waals surface area contributed by atoms with Crippen molar-refractivity contribution in [1.29, 1.82) is 0 Å². The predicted molar refractivity (Wildman–Crippen MR) is 89.7 cm³/mol. The average Bonchev–Trinajstić information content (AvgIpc) is 2.81. The number of unbranched alkanes of at least 4 members (excludes halogenated alkanes) is 1. The van der Waals surface area contributed by atoms with Gasteiger partial charge in [-0.15, -0.1) is 0 Å². The van der Waals surface area contributed by atoms with Gasteiger partial charge in [0, 0.05) is 20.1 Å². The molecule has 1 N–H and O–H groups in total. The van der Waals surface area contributed by atoms with Gasteiger partial charge in [0.2, 0.25) is 10.0 Å². The minimum absolute atomic E-state index is 0.0872. The fourth-order valence-corrected chi connectivity index (χ4v) is 3.79. The Morgan fingerprint density at radius 1 is 1.12 bits per heavy atom. The van der Waals surface area contributed by atoms with Crippen molar-refractivity contribution < 1.29 is 27.9 Å². The molecule has 0 bridgehead atoms. The first-order valence-corrected chi connectivity index (χ1v) is 9.46. The Morgan fingerprint density at radius 3 is 2.20 bits per heavy atom. The van der Waals surface area contributed by atoms with Gasteiger partial charge in [0.15, 0.2) is 0 Å². The molecule has 0 radical (unpaired) electrons. The summed E-state index contributed by atoms with van der Waals surface area (Å²) in [6.45, 7) is 0.0662. The van der Waals surface area contributed by atoms with Gasteiger partial charge >= 0.3 is 5.97 Å². The van der Waals surface area contributed by atoms with E-state index in [-0.39, 0.29) is 43.5 Å². The molecule has 0 aromatic heterocycles. The van der Waals surface area contributed by atoms with Crippen LogP contribution in [0.15, 0.2) is 24.3 Å². The standard InChI is InChI=1S/C16H20N2O6S/c1-17(10-8-14(19)20)25(23,24)11-5-4-9-18-15(21)12-6-2-3-7-13(12)16(18)22/h2-3,6-7H,4-5,8-11H2,1H3,(H,19,20). The summed E-state index contributed by atoms with van der Waals surface area (Å²) in [5.41, 5.74) is 0.738. The van der Waals surface area contributed by atoms with E-state index in [0.29, 0.717) is 17.5 Å². The number of amides is 2. The van der Waals surface area contributed by atoms with Crippen molar-refractivity contribution in [1.82, 2.24) is 9.21 Å². The number of sulfonamides is 1. The first kappa shape index (κ1) is 19.1. The number of aliphatic carboxylic acids is 1. The third kappa shape index (κ3) is 4.43. The fraction of sp³-hybridized carbons (Fsp3) is 0.438. The van der Waals surface area contributed by atoms with Gasteiger partial charge < -0.3 is 5.11 Å². The van der Waals surface area contributed by atoms with Gasteiger partial charge in [-0.1, -0.05) is 12.1 Å². The highest BCUT2D eigenvalue weighted by molar-refractivity contribution is 7.89. The van der Waals surface area contributed by atoms with E-state index in [2.05, 4.69) is 0 Å². The lowest BCUT2D eigenvalue weighted by Crippen LogP contribution is -2.33. The molecule has 1 aliphatic rings. The maximum Gasteiger partial charge on any atom is 0.304 e. The smallest absolute Gasteiger partial charge is 0.304 e. The third-order valence-corrected chi connectivity index (χ3v) is 5.96. The van der Waals surface area contributed by atoms with Crippen LogP contribution in [0.4, 0.5) is 0 Å². The lowest BCUT2D eigenvalue weighted by Gasteiger charge is -2.17. The zero-order chi connectivity index (χ0) is 18.6. The van der Waals surface area contributed by atoms with Crippen LogP contribution in [0.25, 0.3) is 0 Å². The van der Waals surface area contributed by atoms with Crippen molar-refractivity contribution in [3.63, 3.8) is 0 Å². The molecule has 1 heterocycles. The van der Waals surface area contributed by atoms with Crippen molar-refractivity contribution >= 4 is 27.8 Å². The average molecular weight is 368 g/mol. The van der Waals surface area contributed by atoms with Crippen LogP contribution in [0, 0.1) is 0 Å². The number of hydrogen-bond donors (Lipinski definition) is 1. The molecule has 0 aliphatic carbocycles.